The quantitative estimate of drug-likeness (QED) is 0.897. The van der Waals surface area contributed by atoms with Gasteiger partial charge in [0.15, 0.2) is 0 Å². The predicted octanol–water partition coefficient (Wildman–Crippen LogP) is 2.61. The highest BCUT2D eigenvalue weighted by Crippen LogP contribution is 2.36. The van der Waals surface area contributed by atoms with Crippen LogP contribution >= 0.6 is 0 Å². The Kier molecular flexibility index (Phi) is 5.14. The Morgan fingerprint density at radius 2 is 2.04 bits per heavy atom. The number of carbonyl (C=O) groups excluding carboxylic acids is 1. The largest absolute Gasteiger partial charge is 0.372 e. The maximum Gasteiger partial charge on any atom is 0.317 e. The first kappa shape index (κ1) is 17.7. The molecule has 1 N–H and O–H groups in total. The summed E-state index contributed by atoms with van der Waals surface area (Å²) in [6, 6.07) is 7.04. The first-order chi connectivity index (χ1) is 12.6. The van der Waals surface area contributed by atoms with Gasteiger partial charge in [-0.2, -0.15) is 0 Å². The van der Waals surface area contributed by atoms with Crippen molar-refractivity contribution in [3.63, 3.8) is 0 Å². The number of nitrogens with one attached hydrogen (secondary N) is 1. The summed E-state index contributed by atoms with van der Waals surface area (Å²) in [4.78, 5) is 16.2. The van der Waals surface area contributed by atoms with Crippen LogP contribution in [0.3, 0.4) is 0 Å². The fraction of sp³-hybridized carbons (Fsp3) is 0.650. The highest BCUT2D eigenvalue weighted by atomic mass is 19.1. The third-order valence-electron chi connectivity index (χ3n) is 5.94. The van der Waals surface area contributed by atoms with Crippen LogP contribution in [0.15, 0.2) is 24.3 Å². The van der Waals surface area contributed by atoms with Crippen molar-refractivity contribution in [2.24, 2.45) is 5.92 Å². The number of halogens is 1. The third kappa shape index (κ3) is 3.86. The Bertz CT molecular complexity index is 632. The molecule has 0 aliphatic carbocycles. The molecule has 3 fully saturated rings. The maximum atomic E-state index is 13.8. The zero-order valence-corrected chi connectivity index (χ0v) is 15.3. The van der Waals surface area contributed by atoms with Gasteiger partial charge in [-0.05, 0) is 37.7 Å². The van der Waals surface area contributed by atoms with E-state index in [1.165, 1.54) is 6.07 Å². The van der Waals surface area contributed by atoms with Gasteiger partial charge < -0.3 is 15.0 Å². The number of nitrogens with zero attached hydrogens (tertiary/aromatic N) is 2. The van der Waals surface area contributed by atoms with Crippen LogP contribution < -0.4 is 5.32 Å². The molecule has 5 nitrogen and oxygen atoms in total. The minimum atomic E-state index is -0.133. The van der Waals surface area contributed by atoms with Crippen LogP contribution in [0.1, 0.15) is 31.2 Å². The Morgan fingerprint density at radius 1 is 1.27 bits per heavy atom. The van der Waals surface area contributed by atoms with Gasteiger partial charge in [-0.1, -0.05) is 18.2 Å². The van der Waals surface area contributed by atoms with Crippen molar-refractivity contribution in [3.05, 3.63) is 35.6 Å². The van der Waals surface area contributed by atoms with E-state index in [2.05, 4.69) is 10.2 Å². The van der Waals surface area contributed by atoms with Crippen molar-refractivity contribution in [1.82, 2.24) is 15.1 Å². The van der Waals surface area contributed by atoms with E-state index >= 15 is 0 Å². The molecule has 0 saturated carbocycles. The summed E-state index contributed by atoms with van der Waals surface area (Å²) >= 11 is 0. The molecule has 3 heterocycles. The number of hydrogen-bond donors (Lipinski definition) is 1. The molecule has 1 aromatic carbocycles. The normalized spacial score (nSPS) is 25.3. The van der Waals surface area contributed by atoms with Crippen LogP contribution in [0, 0.1) is 11.7 Å². The fourth-order valence-electron chi connectivity index (χ4n) is 4.34. The maximum absolute atomic E-state index is 13.8. The number of likely N-dealkylation sites (tertiary alicyclic amines) is 2. The first-order valence-electron chi connectivity index (χ1n) is 9.76. The van der Waals surface area contributed by atoms with Crippen LogP contribution in [0.25, 0.3) is 0 Å². The minimum Gasteiger partial charge on any atom is -0.372 e. The smallest absolute Gasteiger partial charge is 0.317 e. The van der Waals surface area contributed by atoms with Gasteiger partial charge in [0.05, 0.1) is 12.2 Å². The van der Waals surface area contributed by atoms with Gasteiger partial charge in [-0.3, -0.25) is 4.90 Å². The van der Waals surface area contributed by atoms with Crippen molar-refractivity contribution >= 4 is 6.03 Å². The number of amides is 2. The van der Waals surface area contributed by atoms with E-state index < -0.39 is 0 Å². The Morgan fingerprint density at radius 3 is 2.73 bits per heavy atom. The summed E-state index contributed by atoms with van der Waals surface area (Å²) in [5, 5.41) is 3.06. The average Bonchev–Trinajstić information content (AvgIpc) is 3.16. The molecular formula is C20H28FN3O2. The first-order valence-corrected chi connectivity index (χ1v) is 9.76. The Balaban J connectivity index is 1.17. The monoisotopic (exact) mass is 361 g/mol. The zero-order chi connectivity index (χ0) is 18.0. The van der Waals surface area contributed by atoms with Crippen LogP contribution in [-0.4, -0.2) is 60.8 Å². The van der Waals surface area contributed by atoms with Gasteiger partial charge in [-0.15, -0.1) is 0 Å². The molecule has 0 bridgehead atoms. The summed E-state index contributed by atoms with van der Waals surface area (Å²) < 4.78 is 19.9. The van der Waals surface area contributed by atoms with E-state index in [1.807, 2.05) is 17.0 Å². The van der Waals surface area contributed by atoms with Gasteiger partial charge in [0, 0.05) is 44.8 Å². The van der Waals surface area contributed by atoms with Gasteiger partial charge in [0.1, 0.15) is 5.82 Å². The number of rotatable bonds is 4. The van der Waals surface area contributed by atoms with Crippen LogP contribution in [0.4, 0.5) is 9.18 Å². The molecule has 0 aromatic heterocycles. The molecule has 0 radical (unpaired) electrons. The Labute approximate surface area is 154 Å². The van der Waals surface area contributed by atoms with Gasteiger partial charge in [-0.25, -0.2) is 9.18 Å². The van der Waals surface area contributed by atoms with E-state index in [-0.39, 0.29) is 17.4 Å². The van der Waals surface area contributed by atoms with Crippen molar-refractivity contribution in [3.8, 4) is 0 Å². The lowest BCUT2D eigenvalue weighted by atomic mass is 9.82. The van der Waals surface area contributed by atoms with Crippen molar-refractivity contribution in [2.45, 2.75) is 37.8 Å². The molecule has 3 aliphatic rings. The molecular weight excluding hydrogens is 333 g/mol. The molecule has 0 unspecified atom stereocenters. The van der Waals surface area contributed by atoms with E-state index in [0.29, 0.717) is 25.6 Å². The lowest BCUT2D eigenvalue weighted by Crippen LogP contribution is -2.64. The SMILES string of the molecule is O=C(NC[C@@H]1CCC2(CN(Cc3ccccc3F)C2)OC1)N1CCCC1. The van der Waals surface area contributed by atoms with Gasteiger partial charge in [0.2, 0.25) is 0 Å². The lowest BCUT2D eigenvalue weighted by Gasteiger charge is -2.53. The lowest BCUT2D eigenvalue weighted by molar-refractivity contribution is -0.181. The molecule has 2 amide bonds. The zero-order valence-electron chi connectivity index (χ0n) is 15.3. The highest BCUT2D eigenvalue weighted by molar-refractivity contribution is 5.74. The molecule has 1 aromatic rings. The molecule has 1 spiro atoms. The van der Waals surface area contributed by atoms with Crippen molar-refractivity contribution in [1.29, 1.82) is 0 Å². The molecule has 6 heteroatoms. The standard InChI is InChI=1S/C20H28FN3O2/c21-18-6-2-1-5-17(18)12-23-14-20(15-23)8-7-16(13-26-20)11-22-19(25)24-9-3-4-10-24/h1-2,5-6,16H,3-4,7-15H2,(H,22,25)/t16-/m0/s1. The molecule has 4 rings (SSSR count). The number of carbonyl (C=O) groups is 1. The molecule has 1 atom stereocenters. The summed E-state index contributed by atoms with van der Waals surface area (Å²) in [5.74, 6) is 0.264. The summed E-state index contributed by atoms with van der Waals surface area (Å²) in [6.07, 6.45) is 4.33. The second kappa shape index (κ2) is 7.53. The van der Waals surface area contributed by atoms with Crippen LogP contribution in [0.5, 0.6) is 0 Å². The summed E-state index contributed by atoms with van der Waals surface area (Å²) in [5.41, 5.74) is 0.696. The molecule has 142 valence electrons. The fourth-order valence-corrected chi connectivity index (χ4v) is 4.34. The second-order valence-corrected chi connectivity index (χ2v) is 8.02. The summed E-state index contributed by atoms with van der Waals surface area (Å²) in [7, 11) is 0. The average molecular weight is 361 g/mol. The van der Waals surface area contributed by atoms with Crippen LogP contribution in [0.2, 0.25) is 0 Å². The molecule has 3 aliphatic heterocycles. The van der Waals surface area contributed by atoms with E-state index in [4.69, 9.17) is 4.74 Å². The van der Waals surface area contributed by atoms with Gasteiger partial charge >= 0.3 is 6.03 Å². The highest BCUT2D eigenvalue weighted by Gasteiger charge is 2.46. The molecule has 3 saturated heterocycles. The molecule has 26 heavy (non-hydrogen) atoms. The topological polar surface area (TPSA) is 44.8 Å². The van der Waals surface area contributed by atoms with E-state index in [0.717, 1.165) is 57.4 Å². The van der Waals surface area contributed by atoms with Gasteiger partial charge in [0.25, 0.3) is 0 Å². The third-order valence-corrected chi connectivity index (χ3v) is 5.94. The van der Waals surface area contributed by atoms with Crippen molar-refractivity contribution < 1.29 is 13.9 Å². The number of benzene rings is 1. The van der Waals surface area contributed by atoms with Crippen molar-refractivity contribution in [2.75, 3.05) is 39.3 Å². The van der Waals surface area contributed by atoms with Crippen LogP contribution in [-0.2, 0) is 11.3 Å². The van der Waals surface area contributed by atoms with E-state index in [1.54, 1.807) is 6.07 Å². The predicted molar refractivity (Wildman–Crippen MR) is 97.3 cm³/mol. The Hall–Kier alpha value is -1.66. The minimum absolute atomic E-state index is 0.0548. The number of urea groups is 1. The number of ether oxygens (including phenoxy) is 1. The summed E-state index contributed by atoms with van der Waals surface area (Å²) in [6.45, 7) is 5.55. The van der Waals surface area contributed by atoms with E-state index in [9.17, 15) is 9.18 Å². The second-order valence-electron chi connectivity index (χ2n) is 8.02. The number of hydrogen-bond acceptors (Lipinski definition) is 3.